The molecule has 0 amide bonds. The molecule has 4 nitrogen and oxygen atoms in total. The zero-order chi connectivity index (χ0) is 17.4. The molecule has 23 heavy (non-hydrogen) atoms. The van der Waals surface area contributed by atoms with E-state index in [-0.39, 0.29) is 22.3 Å². The maximum absolute atomic E-state index is 12.4. The van der Waals surface area contributed by atoms with E-state index in [0.717, 1.165) is 32.1 Å². The highest BCUT2D eigenvalue weighted by molar-refractivity contribution is 6.34. The zero-order valence-corrected chi connectivity index (χ0v) is 14.7. The Morgan fingerprint density at radius 3 is 2.48 bits per heavy atom. The monoisotopic (exact) mass is 340 g/mol. The average molecular weight is 341 g/mol. The molecule has 0 bridgehead atoms. The first-order valence-electron chi connectivity index (χ1n) is 8.09. The van der Waals surface area contributed by atoms with Gasteiger partial charge in [0.25, 0.3) is 0 Å². The number of hydrogen-bond donors (Lipinski definition) is 1. The minimum Gasteiger partial charge on any atom is -0.478 e. The molecule has 0 fully saturated rings. The molecule has 1 atom stereocenters. The van der Waals surface area contributed by atoms with Crippen molar-refractivity contribution in [3.63, 3.8) is 0 Å². The van der Waals surface area contributed by atoms with Crippen LogP contribution in [0.4, 0.5) is 0 Å². The van der Waals surface area contributed by atoms with E-state index in [0.29, 0.717) is 5.92 Å². The first-order chi connectivity index (χ1) is 10.9. The summed E-state index contributed by atoms with van der Waals surface area (Å²) < 4.78 is 5.57. The van der Waals surface area contributed by atoms with Crippen LogP contribution in [0.1, 0.15) is 73.6 Å². The van der Waals surface area contributed by atoms with Crippen LogP contribution in [0.25, 0.3) is 0 Å². The normalized spacial score (nSPS) is 12.2. The molecular weight excluding hydrogens is 316 g/mol. The third kappa shape index (κ3) is 6.22. The highest BCUT2D eigenvalue weighted by Crippen LogP contribution is 2.23. The number of carbonyl (C=O) groups is 2. The van der Waals surface area contributed by atoms with E-state index in [1.165, 1.54) is 12.1 Å². The molecule has 0 radical (unpaired) electrons. The number of carbonyl (C=O) groups excluding carboxylic acids is 1. The minimum atomic E-state index is -1.23. The van der Waals surface area contributed by atoms with Crippen LogP contribution in [0.2, 0.25) is 5.02 Å². The van der Waals surface area contributed by atoms with E-state index < -0.39 is 11.9 Å². The standard InChI is InChI=1S/C18H25ClO4/c1-4-5-7-13(11-10-12(2)3)23-18(22)14-8-6-9-15(19)16(14)17(20)21/h6,8-9,12-13H,4-5,7,10-11H2,1-3H3,(H,20,21). The molecule has 0 saturated carbocycles. The summed E-state index contributed by atoms with van der Waals surface area (Å²) in [5, 5.41) is 9.30. The highest BCUT2D eigenvalue weighted by atomic mass is 35.5. The molecule has 0 aromatic heterocycles. The fraction of sp³-hybridized carbons (Fsp3) is 0.556. The molecule has 1 N–H and O–H groups in total. The largest absolute Gasteiger partial charge is 0.478 e. The Morgan fingerprint density at radius 2 is 1.91 bits per heavy atom. The van der Waals surface area contributed by atoms with Crippen LogP contribution >= 0.6 is 11.6 Å². The molecule has 1 rings (SSSR count). The van der Waals surface area contributed by atoms with Gasteiger partial charge in [0.2, 0.25) is 0 Å². The number of carboxylic acids is 1. The summed E-state index contributed by atoms with van der Waals surface area (Å²) >= 11 is 5.90. The van der Waals surface area contributed by atoms with Gasteiger partial charge in [0.1, 0.15) is 6.10 Å². The van der Waals surface area contributed by atoms with Gasteiger partial charge in [-0.05, 0) is 37.3 Å². The maximum Gasteiger partial charge on any atom is 0.339 e. The van der Waals surface area contributed by atoms with E-state index in [2.05, 4.69) is 20.8 Å². The number of carboxylic acid groups (broad SMARTS) is 1. The van der Waals surface area contributed by atoms with Crippen molar-refractivity contribution in [3.05, 3.63) is 34.3 Å². The summed E-state index contributed by atoms with van der Waals surface area (Å²) in [6.07, 6.45) is 4.34. The van der Waals surface area contributed by atoms with E-state index in [1.807, 2.05) is 0 Å². The third-order valence-electron chi connectivity index (χ3n) is 3.67. The summed E-state index contributed by atoms with van der Waals surface area (Å²) in [6, 6.07) is 4.45. The van der Waals surface area contributed by atoms with Crippen LogP contribution < -0.4 is 0 Å². The smallest absolute Gasteiger partial charge is 0.339 e. The summed E-state index contributed by atoms with van der Waals surface area (Å²) in [4.78, 5) is 23.7. The van der Waals surface area contributed by atoms with Gasteiger partial charge in [0, 0.05) is 0 Å². The number of hydrogen-bond acceptors (Lipinski definition) is 3. The molecule has 0 spiro atoms. The minimum absolute atomic E-state index is 0.0102. The Balaban J connectivity index is 2.89. The summed E-state index contributed by atoms with van der Waals surface area (Å²) in [6.45, 7) is 6.33. The van der Waals surface area contributed by atoms with Crippen molar-refractivity contribution in [1.82, 2.24) is 0 Å². The molecule has 1 aromatic carbocycles. The second-order valence-corrected chi connectivity index (χ2v) is 6.52. The lowest BCUT2D eigenvalue weighted by Crippen LogP contribution is -2.21. The van der Waals surface area contributed by atoms with Gasteiger partial charge in [-0.2, -0.15) is 0 Å². The average Bonchev–Trinajstić information content (AvgIpc) is 2.48. The molecule has 1 unspecified atom stereocenters. The Bertz CT molecular complexity index is 540. The van der Waals surface area contributed by atoms with Crippen LogP contribution in [-0.2, 0) is 4.74 Å². The number of benzene rings is 1. The van der Waals surface area contributed by atoms with Crippen LogP contribution in [-0.4, -0.2) is 23.1 Å². The fourth-order valence-electron chi connectivity index (χ4n) is 2.34. The lowest BCUT2D eigenvalue weighted by Gasteiger charge is -2.19. The van der Waals surface area contributed by atoms with E-state index in [4.69, 9.17) is 16.3 Å². The van der Waals surface area contributed by atoms with Gasteiger partial charge in [0.05, 0.1) is 16.1 Å². The van der Waals surface area contributed by atoms with Crippen molar-refractivity contribution in [2.75, 3.05) is 0 Å². The van der Waals surface area contributed by atoms with Gasteiger partial charge in [-0.25, -0.2) is 9.59 Å². The molecule has 0 saturated heterocycles. The lowest BCUT2D eigenvalue weighted by molar-refractivity contribution is 0.0238. The van der Waals surface area contributed by atoms with E-state index in [1.54, 1.807) is 6.07 Å². The van der Waals surface area contributed by atoms with Crippen molar-refractivity contribution in [2.24, 2.45) is 5.92 Å². The highest BCUT2D eigenvalue weighted by Gasteiger charge is 2.23. The van der Waals surface area contributed by atoms with Gasteiger partial charge in [0.15, 0.2) is 0 Å². The number of unbranched alkanes of at least 4 members (excludes halogenated alkanes) is 1. The Morgan fingerprint density at radius 1 is 1.22 bits per heavy atom. The molecule has 0 aliphatic heterocycles. The lowest BCUT2D eigenvalue weighted by atomic mass is 10.0. The van der Waals surface area contributed by atoms with Crippen LogP contribution in [0.15, 0.2) is 18.2 Å². The quantitative estimate of drug-likeness (QED) is 0.628. The van der Waals surface area contributed by atoms with Crippen molar-refractivity contribution >= 4 is 23.5 Å². The summed E-state index contributed by atoms with van der Waals surface area (Å²) in [5.74, 6) is -1.32. The van der Waals surface area contributed by atoms with Crippen molar-refractivity contribution < 1.29 is 19.4 Å². The molecule has 128 valence electrons. The predicted octanol–water partition coefficient (Wildman–Crippen LogP) is 5.19. The second kappa shape index (κ2) is 9.56. The fourth-order valence-corrected chi connectivity index (χ4v) is 2.60. The van der Waals surface area contributed by atoms with Gasteiger partial charge in [-0.3, -0.25) is 0 Å². The van der Waals surface area contributed by atoms with Gasteiger partial charge < -0.3 is 9.84 Å². The van der Waals surface area contributed by atoms with Gasteiger partial charge in [-0.1, -0.05) is 51.3 Å². The summed E-state index contributed by atoms with van der Waals surface area (Å²) in [7, 11) is 0. The molecular formula is C18H25ClO4. The van der Waals surface area contributed by atoms with Crippen molar-refractivity contribution in [3.8, 4) is 0 Å². The number of ether oxygens (including phenoxy) is 1. The molecule has 5 heteroatoms. The number of halogens is 1. The van der Waals surface area contributed by atoms with Crippen molar-refractivity contribution in [1.29, 1.82) is 0 Å². The van der Waals surface area contributed by atoms with E-state index >= 15 is 0 Å². The third-order valence-corrected chi connectivity index (χ3v) is 3.98. The Labute approximate surface area is 142 Å². The van der Waals surface area contributed by atoms with Gasteiger partial charge >= 0.3 is 11.9 Å². The van der Waals surface area contributed by atoms with Crippen LogP contribution in [0.3, 0.4) is 0 Å². The van der Waals surface area contributed by atoms with Crippen molar-refractivity contribution in [2.45, 2.75) is 59.0 Å². The molecule has 0 heterocycles. The van der Waals surface area contributed by atoms with Gasteiger partial charge in [-0.15, -0.1) is 0 Å². The molecule has 1 aromatic rings. The Hall–Kier alpha value is -1.55. The topological polar surface area (TPSA) is 63.6 Å². The molecule has 0 aliphatic rings. The molecule has 0 aliphatic carbocycles. The van der Waals surface area contributed by atoms with Crippen LogP contribution in [0.5, 0.6) is 0 Å². The first-order valence-corrected chi connectivity index (χ1v) is 8.47. The maximum atomic E-state index is 12.4. The van der Waals surface area contributed by atoms with E-state index in [9.17, 15) is 14.7 Å². The predicted molar refractivity (Wildman–Crippen MR) is 91.2 cm³/mol. The zero-order valence-electron chi connectivity index (χ0n) is 14.0. The second-order valence-electron chi connectivity index (χ2n) is 6.11. The summed E-state index contributed by atoms with van der Waals surface area (Å²) in [5.41, 5.74) is -0.187. The number of aromatic carboxylic acids is 1. The first kappa shape index (κ1) is 19.5. The number of esters is 1. The van der Waals surface area contributed by atoms with Crippen LogP contribution in [0, 0.1) is 5.92 Å². The SMILES string of the molecule is CCCCC(CCC(C)C)OC(=O)c1cccc(Cl)c1C(=O)O. The number of rotatable bonds is 9. The Kier molecular flexibility index (Phi) is 8.10.